The molecule has 0 spiro atoms. The first kappa shape index (κ1) is 6.66. The second-order valence-corrected chi connectivity index (χ2v) is 3.10. The van der Waals surface area contributed by atoms with E-state index in [1.165, 1.54) is 24.0 Å². The van der Waals surface area contributed by atoms with Crippen LogP contribution in [0.2, 0.25) is 0 Å². The molecule has 1 aromatic rings. The Morgan fingerprint density at radius 1 is 1.27 bits per heavy atom. The Morgan fingerprint density at radius 3 is 2.64 bits per heavy atom. The molecule has 1 aliphatic carbocycles. The van der Waals surface area contributed by atoms with Gasteiger partial charge in [0.15, 0.2) is 0 Å². The van der Waals surface area contributed by atoms with Crippen LogP contribution in [-0.2, 0) is 19.3 Å². The maximum Gasteiger partial charge on any atom is -0.0100 e. The molecule has 0 saturated heterocycles. The predicted molar refractivity (Wildman–Crippen MR) is 47.8 cm³/mol. The average Bonchev–Trinajstić information content (AvgIpc) is 1.96. The summed E-state index contributed by atoms with van der Waals surface area (Å²) in [7, 11) is 0. The summed E-state index contributed by atoms with van der Waals surface area (Å²) in [6.07, 6.45) is 5.53. The minimum atomic E-state index is 1.01. The number of rotatable bonds is 2. The Bertz CT molecular complexity index is 284. The molecule has 11 heavy (non-hydrogen) atoms. The van der Waals surface area contributed by atoms with E-state index in [9.17, 15) is 0 Å². The van der Waals surface area contributed by atoms with Gasteiger partial charge in [0.2, 0.25) is 0 Å². The fourth-order valence-electron chi connectivity index (χ4n) is 1.54. The molecule has 2 rings (SSSR count). The van der Waals surface area contributed by atoms with Gasteiger partial charge in [-0.15, -0.1) is 6.58 Å². The van der Waals surface area contributed by atoms with Crippen molar-refractivity contribution in [3.63, 3.8) is 0 Å². The highest BCUT2D eigenvalue weighted by atomic mass is 14.2. The predicted octanol–water partition coefficient (Wildman–Crippen LogP) is 2.51. The monoisotopic (exact) mass is 144 g/mol. The Labute approximate surface area is 67.6 Å². The van der Waals surface area contributed by atoms with E-state index in [-0.39, 0.29) is 0 Å². The van der Waals surface area contributed by atoms with Crippen molar-refractivity contribution in [3.05, 3.63) is 47.5 Å². The van der Waals surface area contributed by atoms with Crippen molar-refractivity contribution in [2.75, 3.05) is 0 Å². The molecule has 56 valence electrons. The molecule has 0 aromatic heterocycles. The summed E-state index contributed by atoms with van der Waals surface area (Å²) in [5, 5.41) is 0. The zero-order valence-corrected chi connectivity index (χ0v) is 6.64. The van der Waals surface area contributed by atoms with Crippen molar-refractivity contribution in [1.82, 2.24) is 0 Å². The van der Waals surface area contributed by atoms with Crippen LogP contribution in [0.4, 0.5) is 0 Å². The van der Waals surface area contributed by atoms with Gasteiger partial charge in [-0.3, -0.25) is 0 Å². The SMILES string of the molecule is C=CCc1ccc2c(c1)CC2. The zero-order chi connectivity index (χ0) is 7.68. The lowest BCUT2D eigenvalue weighted by molar-refractivity contribution is 0.835. The van der Waals surface area contributed by atoms with Crippen LogP contribution in [0, 0.1) is 0 Å². The molecule has 0 radical (unpaired) electrons. The van der Waals surface area contributed by atoms with E-state index < -0.39 is 0 Å². The third-order valence-electron chi connectivity index (χ3n) is 2.31. The van der Waals surface area contributed by atoms with E-state index in [2.05, 4.69) is 24.8 Å². The number of aryl methyl sites for hydroxylation is 2. The quantitative estimate of drug-likeness (QED) is 0.559. The Balaban J connectivity index is 2.31. The summed E-state index contributed by atoms with van der Waals surface area (Å²) in [4.78, 5) is 0. The molecule has 0 bridgehead atoms. The first-order valence-electron chi connectivity index (χ1n) is 4.12. The maximum atomic E-state index is 3.73. The van der Waals surface area contributed by atoms with Gasteiger partial charge in [-0.1, -0.05) is 24.3 Å². The first-order chi connectivity index (χ1) is 5.40. The van der Waals surface area contributed by atoms with Crippen LogP contribution in [0.1, 0.15) is 16.7 Å². The largest absolute Gasteiger partial charge is 0.103 e. The van der Waals surface area contributed by atoms with Crippen LogP contribution in [0.3, 0.4) is 0 Å². The molecule has 1 aliphatic rings. The average molecular weight is 144 g/mol. The number of benzene rings is 1. The van der Waals surface area contributed by atoms with Crippen LogP contribution in [0.15, 0.2) is 30.9 Å². The normalized spacial score (nSPS) is 13.5. The lowest BCUT2D eigenvalue weighted by Crippen LogP contribution is -2.07. The molecule has 0 unspecified atom stereocenters. The van der Waals surface area contributed by atoms with Crippen molar-refractivity contribution >= 4 is 0 Å². The number of allylic oxidation sites excluding steroid dienone is 1. The minimum Gasteiger partial charge on any atom is -0.103 e. The summed E-state index contributed by atoms with van der Waals surface area (Å²) < 4.78 is 0. The summed E-state index contributed by atoms with van der Waals surface area (Å²) >= 11 is 0. The van der Waals surface area contributed by atoms with Crippen molar-refractivity contribution < 1.29 is 0 Å². The van der Waals surface area contributed by atoms with Crippen molar-refractivity contribution in [2.45, 2.75) is 19.3 Å². The standard InChI is InChI=1S/C11H12/c1-2-3-9-4-5-10-6-7-11(10)8-9/h2,4-5,8H,1,3,6-7H2. The van der Waals surface area contributed by atoms with Crippen molar-refractivity contribution in [3.8, 4) is 0 Å². The van der Waals surface area contributed by atoms with Crippen molar-refractivity contribution in [2.24, 2.45) is 0 Å². The second kappa shape index (κ2) is 2.54. The van der Waals surface area contributed by atoms with Gasteiger partial charge in [0.05, 0.1) is 0 Å². The number of fused-ring (bicyclic) bond motifs is 1. The maximum absolute atomic E-state index is 3.73. The van der Waals surface area contributed by atoms with Gasteiger partial charge in [-0.25, -0.2) is 0 Å². The molecule has 0 aliphatic heterocycles. The van der Waals surface area contributed by atoms with Crippen LogP contribution in [0.25, 0.3) is 0 Å². The Kier molecular flexibility index (Phi) is 1.54. The molecule has 0 nitrogen and oxygen atoms in total. The molecular formula is C11H12. The Hall–Kier alpha value is -1.04. The molecule has 0 N–H and O–H groups in total. The highest BCUT2D eigenvalue weighted by Gasteiger charge is 2.11. The molecule has 0 fully saturated rings. The van der Waals surface area contributed by atoms with Crippen LogP contribution < -0.4 is 0 Å². The highest BCUT2D eigenvalue weighted by molar-refractivity contribution is 5.39. The fourth-order valence-corrected chi connectivity index (χ4v) is 1.54. The topological polar surface area (TPSA) is 0 Å². The number of hydrogen-bond acceptors (Lipinski definition) is 0. The van der Waals surface area contributed by atoms with Gasteiger partial charge in [0.25, 0.3) is 0 Å². The molecule has 0 atom stereocenters. The summed E-state index contributed by atoms with van der Waals surface area (Å²) in [5.74, 6) is 0. The fraction of sp³-hybridized carbons (Fsp3) is 0.273. The summed E-state index contributed by atoms with van der Waals surface area (Å²) in [6, 6.07) is 6.76. The lowest BCUT2D eigenvalue weighted by Gasteiger charge is -2.18. The van der Waals surface area contributed by atoms with E-state index >= 15 is 0 Å². The molecule has 0 saturated carbocycles. The van der Waals surface area contributed by atoms with E-state index in [1.807, 2.05) is 6.08 Å². The van der Waals surface area contributed by atoms with E-state index in [1.54, 1.807) is 5.56 Å². The molecule has 0 heteroatoms. The molecule has 1 aromatic carbocycles. The van der Waals surface area contributed by atoms with E-state index in [0.717, 1.165) is 6.42 Å². The van der Waals surface area contributed by atoms with Gasteiger partial charge in [0.1, 0.15) is 0 Å². The van der Waals surface area contributed by atoms with Gasteiger partial charge < -0.3 is 0 Å². The van der Waals surface area contributed by atoms with Gasteiger partial charge in [0, 0.05) is 0 Å². The molecular weight excluding hydrogens is 132 g/mol. The van der Waals surface area contributed by atoms with Crippen LogP contribution in [0.5, 0.6) is 0 Å². The van der Waals surface area contributed by atoms with Gasteiger partial charge in [-0.05, 0) is 36.0 Å². The third kappa shape index (κ3) is 1.09. The molecule has 0 amide bonds. The zero-order valence-electron chi connectivity index (χ0n) is 6.64. The number of hydrogen-bond donors (Lipinski definition) is 0. The van der Waals surface area contributed by atoms with E-state index in [4.69, 9.17) is 0 Å². The summed E-state index contributed by atoms with van der Waals surface area (Å²) in [6.45, 7) is 3.73. The van der Waals surface area contributed by atoms with Gasteiger partial charge in [-0.2, -0.15) is 0 Å². The first-order valence-corrected chi connectivity index (χ1v) is 4.12. The van der Waals surface area contributed by atoms with E-state index in [0.29, 0.717) is 0 Å². The highest BCUT2D eigenvalue weighted by Crippen LogP contribution is 2.23. The summed E-state index contributed by atoms with van der Waals surface area (Å²) in [5.41, 5.74) is 4.49. The minimum absolute atomic E-state index is 1.01. The third-order valence-corrected chi connectivity index (χ3v) is 2.31. The van der Waals surface area contributed by atoms with Crippen LogP contribution in [-0.4, -0.2) is 0 Å². The lowest BCUT2D eigenvalue weighted by atomic mass is 9.87. The molecule has 0 heterocycles. The van der Waals surface area contributed by atoms with Crippen molar-refractivity contribution in [1.29, 1.82) is 0 Å². The smallest absolute Gasteiger partial charge is 0.0100 e. The Morgan fingerprint density at radius 2 is 2.09 bits per heavy atom. The van der Waals surface area contributed by atoms with Crippen LogP contribution >= 0.6 is 0 Å². The second-order valence-electron chi connectivity index (χ2n) is 3.10. The van der Waals surface area contributed by atoms with Gasteiger partial charge >= 0.3 is 0 Å².